The summed E-state index contributed by atoms with van der Waals surface area (Å²) in [6, 6.07) is 12.9. The van der Waals surface area contributed by atoms with Gasteiger partial charge in [0.15, 0.2) is 0 Å². The van der Waals surface area contributed by atoms with Gasteiger partial charge >= 0.3 is 0 Å². The third-order valence-corrected chi connectivity index (χ3v) is 5.28. The van der Waals surface area contributed by atoms with Gasteiger partial charge in [0.05, 0.1) is 12.2 Å². The molecule has 0 fully saturated rings. The molecule has 5 nitrogen and oxygen atoms in total. The summed E-state index contributed by atoms with van der Waals surface area (Å²) in [6.07, 6.45) is 1.43. The first-order chi connectivity index (χ1) is 12.5. The summed E-state index contributed by atoms with van der Waals surface area (Å²) in [4.78, 5) is 18.1. The molecule has 2 aromatic rings. The van der Waals surface area contributed by atoms with Crippen LogP contribution in [-0.2, 0) is 17.8 Å². The molecule has 26 heavy (non-hydrogen) atoms. The zero-order valence-electron chi connectivity index (χ0n) is 15.7. The predicted molar refractivity (Wildman–Crippen MR) is 105 cm³/mol. The van der Waals surface area contributed by atoms with E-state index in [4.69, 9.17) is 4.74 Å². The molecule has 1 amide bonds. The molecule has 0 N–H and O–H groups in total. The molecule has 0 spiro atoms. The highest BCUT2D eigenvalue weighted by atomic mass is 16.5. The summed E-state index contributed by atoms with van der Waals surface area (Å²) in [7, 11) is 5.94. The predicted octanol–water partition coefficient (Wildman–Crippen LogP) is 3.06. The molecule has 0 aromatic heterocycles. The normalized spacial score (nSPS) is 16.0. The molecule has 5 heteroatoms. The number of hydrogen-bond acceptors (Lipinski definition) is 4. The molecule has 0 radical (unpaired) electrons. The van der Waals surface area contributed by atoms with Crippen molar-refractivity contribution in [1.29, 1.82) is 0 Å². The topological polar surface area (TPSA) is 36.0 Å². The molecule has 2 aliphatic heterocycles. The number of carbonyl (C=O) groups is 1. The van der Waals surface area contributed by atoms with Crippen LogP contribution in [0.1, 0.15) is 17.5 Å². The lowest BCUT2D eigenvalue weighted by Crippen LogP contribution is -2.33. The van der Waals surface area contributed by atoms with E-state index in [0.29, 0.717) is 13.0 Å². The van der Waals surface area contributed by atoms with E-state index in [-0.39, 0.29) is 5.91 Å². The Hall–Kier alpha value is -2.69. The first kappa shape index (κ1) is 16.8. The second-order valence-electron chi connectivity index (χ2n) is 7.23. The molecule has 0 unspecified atom stereocenters. The smallest absolute Gasteiger partial charge is 0.227 e. The minimum atomic E-state index is 0.198. The van der Waals surface area contributed by atoms with Crippen LogP contribution in [-0.4, -0.2) is 40.2 Å². The number of fused-ring (bicyclic) bond motifs is 2. The van der Waals surface area contributed by atoms with Gasteiger partial charge in [-0.25, -0.2) is 0 Å². The fourth-order valence-corrected chi connectivity index (χ4v) is 3.74. The lowest BCUT2D eigenvalue weighted by Gasteiger charge is -2.33. The molecule has 0 bridgehead atoms. The summed E-state index contributed by atoms with van der Waals surface area (Å²) in [5.74, 6) is 1.15. The number of ether oxygens (including phenoxy) is 1. The molecule has 0 saturated heterocycles. The molecule has 0 aliphatic carbocycles. The molecular weight excluding hydrogens is 326 g/mol. The fourth-order valence-electron chi connectivity index (χ4n) is 3.74. The number of nitrogens with zero attached hydrogens (tertiary/aromatic N) is 3. The van der Waals surface area contributed by atoms with Crippen molar-refractivity contribution in [2.75, 3.05) is 49.0 Å². The van der Waals surface area contributed by atoms with Crippen molar-refractivity contribution in [1.82, 2.24) is 0 Å². The number of benzene rings is 2. The van der Waals surface area contributed by atoms with Gasteiger partial charge in [-0.3, -0.25) is 4.79 Å². The van der Waals surface area contributed by atoms with Gasteiger partial charge in [0.25, 0.3) is 0 Å². The van der Waals surface area contributed by atoms with E-state index < -0.39 is 0 Å². The average Bonchev–Trinajstić information content (AvgIpc) is 2.64. The van der Waals surface area contributed by atoms with Gasteiger partial charge in [0.1, 0.15) is 12.4 Å². The highest BCUT2D eigenvalue weighted by Gasteiger charge is 2.22. The summed E-state index contributed by atoms with van der Waals surface area (Å²) < 4.78 is 5.89. The van der Waals surface area contributed by atoms with E-state index in [1.807, 2.05) is 21.1 Å². The van der Waals surface area contributed by atoms with Crippen LogP contribution in [0.2, 0.25) is 0 Å². The van der Waals surface area contributed by atoms with Crippen LogP contribution >= 0.6 is 0 Å². The van der Waals surface area contributed by atoms with Gasteiger partial charge < -0.3 is 19.4 Å². The van der Waals surface area contributed by atoms with Crippen LogP contribution in [0.25, 0.3) is 0 Å². The van der Waals surface area contributed by atoms with Crippen molar-refractivity contribution >= 4 is 23.0 Å². The minimum Gasteiger partial charge on any atom is -0.489 e. The van der Waals surface area contributed by atoms with Gasteiger partial charge in [-0.05, 0) is 35.7 Å². The standard InChI is InChI=1S/C21H25N3O2/c1-22(2)17-6-8-19-20(13-17)26-11-10-24(19)14-15-4-7-18-16(12-15)5-9-21(25)23(18)3/h4,6-8,12-13H,5,9-11,14H2,1-3H3. The molecule has 4 rings (SSSR count). The van der Waals surface area contributed by atoms with Crippen LogP contribution in [0.3, 0.4) is 0 Å². The maximum absolute atomic E-state index is 11.9. The Morgan fingerprint density at radius 1 is 1.08 bits per heavy atom. The number of amides is 1. The van der Waals surface area contributed by atoms with Crippen LogP contribution in [0.5, 0.6) is 5.75 Å². The van der Waals surface area contributed by atoms with E-state index in [0.717, 1.165) is 42.3 Å². The Balaban J connectivity index is 1.58. The van der Waals surface area contributed by atoms with Gasteiger partial charge in [0, 0.05) is 51.5 Å². The zero-order valence-corrected chi connectivity index (χ0v) is 15.7. The van der Waals surface area contributed by atoms with Crippen LogP contribution in [0.4, 0.5) is 17.1 Å². The monoisotopic (exact) mass is 351 g/mol. The van der Waals surface area contributed by atoms with Gasteiger partial charge in [-0.2, -0.15) is 0 Å². The molecule has 0 saturated carbocycles. The summed E-state index contributed by atoms with van der Waals surface area (Å²) in [6.45, 7) is 2.43. The van der Waals surface area contributed by atoms with E-state index in [2.05, 4.69) is 46.2 Å². The van der Waals surface area contributed by atoms with E-state index in [1.165, 1.54) is 11.1 Å². The Labute approximate surface area is 154 Å². The van der Waals surface area contributed by atoms with Gasteiger partial charge in [-0.1, -0.05) is 12.1 Å². The lowest BCUT2D eigenvalue weighted by atomic mass is 9.99. The van der Waals surface area contributed by atoms with Crippen molar-refractivity contribution in [3.63, 3.8) is 0 Å². The largest absolute Gasteiger partial charge is 0.489 e. The first-order valence-electron chi connectivity index (χ1n) is 9.10. The third-order valence-electron chi connectivity index (χ3n) is 5.28. The SMILES string of the molecule is CN(C)c1ccc2c(c1)OCCN2Cc1ccc2c(c1)CCC(=O)N2C. The number of carbonyl (C=O) groups excluding carboxylic acids is 1. The molecule has 2 heterocycles. The van der Waals surface area contributed by atoms with E-state index in [9.17, 15) is 4.79 Å². The maximum atomic E-state index is 11.9. The number of hydrogen-bond donors (Lipinski definition) is 0. The first-order valence-corrected chi connectivity index (χ1v) is 9.10. The summed E-state index contributed by atoms with van der Waals surface area (Å²) >= 11 is 0. The quantitative estimate of drug-likeness (QED) is 0.852. The average molecular weight is 351 g/mol. The van der Waals surface area contributed by atoms with Crippen molar-refractivity contribution < 1.29 is 9.53 Å². The third kappa shape index (κ3) is 2.98. The number of anilines is 3. The second kappa shape index (κ2) is 6.56. The molecule has 0 atom stereocenters. The zero-order chi connectivity index (χ0) is 18.3. The minimum absolute atomic E-state index is 0.198. The maximum Gasteiger partial charge on any atom is 0.227 e. The lowest BCUT2D eigenvalue weighted by molar-refractivity contribution is -0.118. The van der Waals surface area contributed by atoms with E-state index in [1.54, 1.807) is 4.90 Å². The second-order valence-corrected chi connectivity index (χ2v) is 7.23. The number of rotatable bonds is 3. The Morgan fingerprint density at radius 3 is 2.69 bits per heavy atom. The molecule has 136 valence electrons. The van der Waals surface area contributed by atoms with E-state index >= 15 is 0 Å². The Morgan fingerprint density at radius 2 is 1.88 bits per heavy atom. The summed E-state index contributed by atoms with van der Waals surface area (Å²) in [5.41, 5.74) is 5.87. The number of aryl methyl sites for hydroxylation is 1. The van der Waals surface area contributed by atoms with Crippen molar-refractivity contribution in [3.8, 4) is 5.75 Å². The van der Waals surface area contributed by atoms with Crippen LogP contribution < -0.4 is 19.4 Å². The summed E-state index contributed by atoms with van der Waals surface area (Å²) in [5, 5.41) is 0. The molecule has 2 aromatic carbocycles. The highest BCUT2D eigenvalue weighted by Crippen LogP contribution is 2.36. The fraction of sp³-hybridized carbons (Fsp3) is 0.381. The molecular formula is C21H25N3O2. The van der Waals surface area contributed by atoms with Gasteiger partial charge in [-0.15, -0.1) is 0 Å². The van der Waals surface area contributed by atoms with Crippen molar-refractivity contribution in [2.45, 2.75) is 19.4 Å². The molecule has 2 aliphatic rings. The Kier molecular flexibility index (Phi) is 4.23. The van der Waals surface area contributed by atoms with Crippen LogP contribution in [0.15, 0.2) is 36.4 Å². The highest BCUT2D eigenvalue weighted by molar-refractivity contribution is 5.95. The van der Waals surface area contributed by atoms with Crippen molar-refractivity contribution in [2.24, 2.45) is 0 Å². The Bertz CT molecular complexity index is 847. The van der Waals surface area contributed by atoms with Crippen molar-refractivity contribution in [3.05, 3.63) is 47.5 Å². The van der Waals surface area contributed by atoms with Gasteiger partial charge in [0.2, 0.25) is 5.91 Å². The van der Waals surface area contributed by atoms with Crippen LogP contribution in [0, 0.1) is 0 Å².